The number of quaternary nitrogens is 1. The minimum atomic E-state index is -4.72. The Hall–Kier alpha value is -3.15. The van der Waals surface area contributed by atoms with Crippen molar-refractivity contribution in [3.63, 3.8) is 0 Å². The summed E-state index contributed by atoms with van der Waals surface area (Å²) >= 11 is 0. The van der Waals surface area contributed by atoms with Gasteiger partial charge in [0, 0.05) is 12.8 Å². The molecule has 342 valence electrons. The van der Waals surface area contributed by atoms with E-state index in [0.29, 0.717) is 23.9 Å². The molecular formula is C48H80NO10P. The Kier molecular flexibility index (Phi) is 36.7. The third kappa shape index (κ3) is 40.3. The molecule has 4 atom stereocenters. The number of rotatable bonds is 38. The predicted molar refractivity (Wildman–Crippen MR) is 243 cm³/mol. The van der Waals surface area contributed by atoms with Crippen molar-refractivity contribution in [2.75, 3.05) is 47.5 Å². The van der Waals surface area contributed by atoms with E-state index in [1.807, 2.05) is 45.4 Å². The summed E-state index contributed by atoms with van der Waals surface area (Å²) in [6.07, 6.45) is 43.3. The SMILES string of the molecule is CC/C=C\C/C=C\C/C=C\C/C=C\C/C=C\CCCC(=O)O[C@H](COC(=O)CCCC(O)C(O)C/C=C\C/C=C\C/C=C\CCCCC)COP(=O)([O-])OCC[N+](C)(C)C. The summed E-state index contributed by atoms with van der Waals surface area (Å²) < 4.78 is 33.6. The maximum Gasteiger partial charge on any atom is 0.306 e. The molecule has 0 spiro atoms. The van der Waals surface area contributed by atoms with E-state index in [9.17, 15) is 29.3 Å². The highest BCUT2D eigenvalue weighted by molar-refractivity contribution is 7.45. The van der Waals surface area contributed by atoms with E-state index in [-0.39, 0.29) is 38.7 Å². The molecule has 0 heterocycles. The second-order valence-corrected chi connectivity index (χ2v) is 17.0. The lowest BCUT2D eigenvalue weighted by Crippen LogP contribution is -2.37. The molecule has 11 nitrogen and oxygen atoms in total. The van der Waals surface area contributed by atoms with Gasteiger partial charge in [-0.2, -0.15) is 0 Å². The Morgan fingerprint density at radius 2 is 1.12 bits per heavy atom. The van der Waals surface area contributed by atoms with Gasteiger partial charge in [0.2, 0.25) is 0 Å². The van der Waals surface area contributed by atoms with E-state index in [1.54, 1.807) is 0 Å². The fraction of sp³-hybridized carbons (Fsp3) is 0.625. The Bertz CT molecular complexity index is 1380. The van der Waals surface area contributed by atoms with Gasteiger partial charge in [0.1, 0.15) is 19.8 Å². The van der Waals surface area contributed by atoms with Crippen molar-refractivity contribution in [3.05, 3.63) is 97.2 Å². The van der Waals surface area contributed by atoms with Crippen LogP contribution in [-0.2, 0) is 32.7 Å². The molecule has 12 heteroatoms. The van der Waals surface area contributed by atoms with Crippen molar-refractivity contribution in [2.45, 2.75) is 148 Å². The number of allylic oxidation sites excluding steroid dienone is 15. The quantitative estimate of drug-likeness (QED) is 0.0202. The predicted octanol–water partition coefficient (Wildman–Crippen LogP) is 9.88. The van der Waals surface area contributed by atoms with Crippen LogP contribution in [-0.4, -0.2) is 92.5 Å². The van der Waals surface area contributed by atoms with E-state index in [1.165, 1.54) is 19.3 Å². The van der Waals surface area contributed by atoms with Gasteiger partial charge < -0.3 is 38.1 Å². The second kappa shape index (κ2) is 38.7. The number of ether oxygens (including phenoxy) is 2. The zero-order chi connectivity index (χ0) is 44.6. The minimum absolute atomic E-state index is 0.0551. The van der Waals surface area contributed by atoms with Crippen LogP contribution in [0.2, 0.25) is 0 Å². The lowest BCUT2D eigenvalue weighted by molar-refractivity contribution is -0.870. The first-order chi connectivity index (χ1) is 28.8. The van der Waals surface area contributed by atoms with Crippen LogP contribution < -0.4 is 4.89 Å². The standard InChI is InChI=1S/C48H80NO10P/c1-6-8-10-12-14-16-18-20-21-22-23-24-26-28-30-32-34-38-48(53)59-44(43-58-60(54,55)57-41-40-49(3,4)5)42-56-47(52)39-35-37-46(51)45(50)36-33-31-29-27-25-19-17-15-13-11-9-7-2/h8,10,14-17,20-21,23-25,27-28,30-31,33,44-46,50-51H,6-7,9,11-13,18-19,22,26,29,32,34-43H2,1-5H3/b10-8-,16-14-,17-15-,21-20-,24-23-,27-25-,30-28-,33-31-/t44-,45?,46?/m1/s1. The number of phosphoric ester groups is 1. The molecule has 60 heavy (non-hydrogen) atoms. The lowest BCUT2D eigenvalue weighted by atomic mass is 10.0. The van der Waals surface area contributed by atoms with Crippen molar-refractivity contribution in [2.24, 2.45) is 0 Å². The number of nitrogens with zero attached hydrogens (tertiary/aromatic N) is 1. The maximum absolute atomic E-state index is 12.7. The molecule has 0 aromatic rings. The molecule has 0 aromatic carbocycles. The third-order valence-corrected chi connectivity index (χ3v) is 9.75. The number of esters is 2. The number of carbonyl (C=O) groups is 2. The van der Waals surface area contributed by atoms with Crippen LogP contribution in [0, 0.1) is 0 Å². The first kappa shape index (κ1) is 56.9. The number of hydrogen-bond donors (Lipinski definition) is 2. The number of aliphatic hydroxyl groups is 2. The largest absolute Gasteiger partial charge is 0.756 e. The van der Waals surface area contributed by atoms with Crippen LogP contribution in [0.5, 0.6) is 0 Å². The van der Waals surface area contributed by atoms with Gasteiger partial charge in [-0.3, -0.25) is 14.2 Å². The molecule has 0 amide bonds. The molecule has 2 N–H and O–H groups in total. The summed E-state index contributed by atoms with van der Waals surface area (Å²) in [4.78, 5) is 37.6. The van der Waals surface area contributed by atoms with Crippen LogP contribution in [0.15, 0.2) is 97.2 Å². The minimum Gasteiger partial charge on any atom is -0.756 e. The molecule has 0 aliphatic heterocycles. The third-order valence-electron chi connectivity index (χ3n) is 8.79. The topological polar surface area (TPSA) is 152 Å². The Morgan fingerprint density at radius 1 is 0.617 bits per heavy atom. The maximum atomic E-state index is 12.7. The molecule has 0 aromatic heterocycles. The number of likely N-dealkylation sites (N-methyl/N-ethyl adjacent to an activating group) is 1. The fourth-order valence-electron chi connectivity index (χ4n) is 5.20. The summed E-state index contributed by atoms with van der Waals surface area (Å²) in [6.45, 7) is 3.65. The van der Waals surface area contributed by atoms with Gasteiger partial charge in [0.25, 0.3) is 7.82 Å². The van der Waals surface area contributed by atoms with Crippen molar-refractivity contribution in [1.82, 2.24) is 0 Å². The molecule has 0 fully saturated rings. The van der Waals surface area contributed by atoms with Gasteiger partial charge in [-0.15, -0.1) is 0 Å². The first-order valence-corrected chi connectivity index (χ1v) is 23.6. The number of hydrogen-bond acceptors (Lipinski definition) is 10. The molecule has 3 unspecified atom stereocenters. The highest BCUT2D eigenvalue weighted by atomic mass is 31.2. The molecule has 0 aliphatic carbocycles. The average molecular weight is 862 g/mol. The number of aliphatic hydroxyl groups excluding tert-OH is 2. The van der Waals surface area contributed by atoms with Gasteiger partial charge in [0.05, 0.1) is 40.0 Å². The molecule has 0 saturated carbocycles. The molecule has 0 bridgehead atoms. The summed E-state index contributed by atoms with van der Waals surface area (Å²) in [5, 5.41) is 20.7. The van der Waals surface area contributed by atoms with E-state index in [0.717, 1.165) is 51.4 Å². The Morgan fingerprint density at radius 3 is 1.65 bits per heavy atom. The monoisotopic (exact) mass is 862 g/mol. The smallest absolute Gasteiger partial charge is 0.306 e. The van der Waals surface area contributed by atoms with Gasteiger partial charge >= 0.3 is 11.9 Å². The lowest BCUT2D eigenvalue weighted by Gasteiger charge is -2.28. The Labute approximate surface area is 363 Å². The summed E-state index contributed by atoms with van der Waals surface area (Å²) in [5.41, 5.74) is 0. The van der Waals surface area contributed by atoms with Crippen LogP contribution in [0.4, 0.5) is 0 Å². The highest BCUT2D eigenvalue weighted by Gasteiger charge is 2.22. The second-order valence-electron chi connectivity index (χ2n) is 15.6. The van der Waals surface area contributed by atoms with Crippen LogP contribution in [0.3, 0.4) is 0 Å². The summed E-state index contributed by atoms with van der Waals surface area (Å²) in [5.74, 6) is -1.20. The molecule has 0 saturated heterocycles. The summed E-state index contributed by atoms with van der Waals surface area (Å²) in [6, 6.07) is 0. The molecule has 0 rings (SSSR count). The Balaban J connectivity index is 4.71. The van der Waals surface area contributed by atoms with Gasteiger partial charge in [-0.25, -0.2) is 0 Å². The average Bonchev–Trinajstić information content (AvgIpc) is 3.19. The molecule has 0 radical (unpaired) electrons. The number of phosphoric acid groups is 1. The van der Waals surface area contributed by atoms with Crippen molar-refractivity contribution in [1.29, 1.82) is 0 Å². The number of carbonyl (C=O) groups excluding carboxylic acids is 2. The van der Waals surface area contributed by atoms with E-state index >= 15 is 0 Å². The van der Waals surface area contributed by atoms with E-state index in [4.69, 9.17) is 18.5 Å². The zero-order valence-electron chi connectivity index (χ0n) is 37.6. The number of unbranched alkanes of at least 4 members (excludes halogenated alkanes) is 4. The van der Waals surface area contributed by atoms with E-state index in [2.05, 4.69) is 86.8 Å². The van der Waals surface area contributed by atoms with Crippen LogP contribution in [0.1, 0.15) is 129 Å². The molecule has 0 aliphatic rings. The van der Waals surface area contributed by atoms with Crippen molar-refractivity contribution < 1.29 is 52.3 Å². The van der Waals surface area contributed by atoms with Gasteiger partial charge in [-0.05, 0) is 89.9 Å². The van der Waals surface area contributed by atoms with Crippen LogP contribution >= 0.6 is 7.82 Å². The van der Waals surface area contributed by atoms with Gasteiger partial charge in [0.15, 0.2) is 6.10 Å². The molecular weight excluding hydrogens is 781 g/mol. The summed E-state index contributed by atoms with van der Waals surface area (Å²) in [7, 11) is 0.957. The van der Waals surface area contributed by atoms with Crippen molar-refractivity contribution >= 4 is 19.8 Å². The van der Waals surface area contributed by atoms with E-state index < -0.39 is 51.3 Å². The van der Waals surface area contributed by atoms with Gasteiger partial charge in [-0.1, -0.05) is 124 Å². The normalized spacial score (nSPS) is 15.5. The fourth-order valence-corrected chi connectivity index (χ4v) is 5.93. The zero-order valence-corrected chi connectivity index (χ0v) is 38.5. The highest BCUT2D eigenvalue weighted by Crippen LogP contribution is 2.38. The first-order valence-electron chi connectivity index (χ1n) is 22.1. The van der Waals surface area contributed by atoms with Crippen molar-refractivity contribution in [3.8, 4) is 0 Å². The van der Waals surface area contributed by atoms with Crippen LogP contribution in [0.25, 0.3) is 0 Å².